The van der Waals surface area contributed by atoms with Crippen molar-refractivity contribution in [3.63, 3.8) is 0 Å². The van der Waals surface area contributed by atoms with Gasteiger partial charge in [-0.2, -0.15) is 0 Å². The van der Waals surface area contributed by atoms with Gasteiger partial charge in [-0.05, 0) is 0 Å². The summed E-state index contributed by atoms with van der Waals surface area (Å²) in [5, 5.41) is 13.5. The molecule has 0 fully saturated rings. The van der Waals surface area contributed by atoms with Gasteiger partial charge in [-0.15, -0.1) is 0 Å². The Morgan fingerprint density at radius 1 is 1.40 bits per heavy atom. The lowest BCUT2D eigenvalue weighted by molar-refractivity contribution is -0.383. The molecular formula is C8H15N7O4S. The number of nitrogen functional groups attached to an aromatic ring is 1. The van der Waals surface area contributed by atoms with Crippen LogP contribution in [0.5, 0.6) is 0 Å². The van der Waals surface area contributed by atoms with E-state index < -0.39 is 20.6 Å². The molecule has 0 bridgehead atoms. The summed E-state index contributed by atoms with van der Waals surface area (Å²) in [6.07, 6.45) is 1.07. The minimum absolute atomic E-state index is 0.0393. The van der Waals surface area contributed by atoms with E-state index in [9.17, 15) is 18.5 Å². The Kier molecular flexibility index (Phi) is 5.12. The van der Waals surface area contributed by atoms with Gasteiger partial charge in [0.1, 0.15) is 6.33 Å². The highest BCUT2D eigenvalue weighted by atomic mass is 32.2. The lowest BCUT2D eigenvalue weighted by Crippen LogP contribution is -2.28. The Balaban J connectivity index is 2.86. The fourth-order valence-electron chi connectivity index (χ4n) is 1.27. The molecular weight excluding hydrogens is 290 g/mol. The maximum absolute atomic E-state index is 11.5. The van der Waals surface area contributed by atoms with Crippen LogP contribution in [0.4, 0.5) is 17.3 Å². The number of sulfonamides is 1. The molecule has 0 spiro atoms. The number of hydrazine groups is 1. The average molecular weight is 305 g/mol. The fourth-order valence-corrected chi connectivity index (χ4v) is 1.99. The number of nitrogens with one attached hydrogen (secondary N) is 2. The van der Waals surface area contributed by atoms with Gasteiger partial charge in [-0.25, -0.2) is 28.5 Å². The van der Waals surface area contributed by atoms with Gasteiger partial charge < -0.3 is 10.7 Å². The second kappa shape index (κ2) is 6.40. The fraction of sp³-hybridized carbons (Fsp3) is 0.500. The molecule has 0 unspecified atom stereocenters. The van der Waals surface area contributed by atoms with Crippen molar-refractivity contribution in [2.45, 2.75) is 0 Å². The average Bonchev–Trinajstić information content (AvgIpc) is 2.37. The van der Waals surface area contributed by atoms with Crippen LogP contribution in [-0.4, -0.2) is 54.0 Å². The highest BCUT2D eigenvalue weighted by Gasteiger charge is 2.22. The van der Waals surface area contributed by atoms with Crippen LogP contribution in [0.1, 0.15) is 0 Å². The Labute approximate surface area is 115 Å². The van der Waals surface area contributed by atoms with Crippen LogP contribution in [0.25, 0.3) is 0 Å². The van der Waals surface area contributed by atoms with Crippen molar-refractivity contribution in [3.8, 4) is 0 Å². The zero-order valence-corrected chi connectivity index (χ0v) is 11.7. The van der Waals surface area contributed by atoms with E-state index in [2.05, 4.69) is 20.7 Å². The molecule has 112 valence electrons. The minimum Gasteiger partial charge on any atom is -0.363 e. The monoisotopic (exact) mass is 305 g/mol. The number of hydrogen-bond acceptors (Lipinski definition) is 9. The maximum Gasteiger partial charge on any atom is 0.354 e. The predicted molar refractivity (Wildman–Crippen MR) is 72.5 cm³/mol. The molecule has 0 saturated heterocycles. The first-order chi connectivity index (χ1) is 9.29. The number of aromatic nitrogens is 2. The molecule has 0 aliphatic rings. The molecule has 0 aliphatic carbocycles. The van der Waals surface area contributed by atoms with Crippen LogP contribution in [-0.2, 0) is 10.0 Å². The van der Waals surface area contributed by atoms with E-state index in [1.165, 1.54) is 14.1 Å². The number of nitrogens with two attached hydrogens (primary N) is 1. The third-order valence-electron chi connectivity index (χ3n) is 2.35. The lowest BCUT2D eigenvalue weighted by atomic mass is 10.4. The first kappa shape index (κ1) is 16.0. The first-order valence-corrected chi connectivity index (χ1v) is 7.00. The van der Waals surface area contributed by atoms with Crippen molar-refractivity contribution in [2.24, 2.45) is 5.84 Å². The largest absolute Gasteiger partial charge is 0.363 e. The highest BCUT2D eigenvalue weighted by Crippen LogP contribution is 2.27. The van der Waals surface area contributed by atoms with Gasteiger partial charge in [0.05, 0.1) is 10.7 Å². The van der Waals surface area contributed by atoms with Crippen LogP contribution >= 0.6 is 0 Å². The number of nitrogens with zero attached hydrogens (tertiary/aromatic N) is 4. The van der Waals surface area contributed by atoms with E-state index in [-0.39, 0.29) is 23.9 Å². The lowest BCUT2D eigenvalue weighted by Gasteiger charge is -2.12. The second-order valence-corrected chi connectivity index (χ2v) is 6.15. The quantitative estimate of drug-likeness (QED) is 0.325. The second-order valence-electron chi connectivity index (χ2n) is 3.85. The maximum atomic E-state index is 11.5. The van der Waals surface area contributed by atoms with Gasteiger partial charge in [0.15, 0.2) is 0 Å². The molecule has 1 aromatic heterocycles. The number of rotatable bonds is 7. The SMILES string of the molecule is CN(C)S(=O)(=O)CCNc1ncnc(NN)c1[N+](=O)[O-]. The summed E-state index contributed by atoms with van der Waals surface area (Å²) in [7, 11) is -0.596. The summed E-state index contributed by atoms with van der Waals surface area (Å²) in [6.45, 7) is -0.0393. The van der Waals surface area contributed by atoms with Gasteiger partial charge in [0, 0.05) is 20.6 Å². The summed E-state index contributed by atoms with van der Waals surface area (Å²) in [5.74, 6) is 4.62. The van der Waals surface area contributed by atoms with Crippen molar-refractivity contribution in [1.29, 1.82) is 0 Å². The zero-order valence-electron chi connectivity index (χ0n) is 10.9. The molecule has 12 heteroatoms. The van der Waals surface area contributed by atoms with Crippen molar-refractivity contribution >= 4 is 27.3 Å². The summed E-state index contributed by atoms with van der Waals surface area (Å²) < 4.78 is 24.2. The molecule has 11 nitrogen and oxygen atoms in total. The third-order valence-corrected chi connectivity index (χ3v) is 4.18. The molecule has 4 N–H and O–H groups in total. The predicted octanol–water partition coefficient (Wildman–Crippen LogP) is -1.03. The highest BCUT2D eigenvalue weighted by molar-refractivity contribution is 7.89. The Morgan fingerprint density at radius 3 is 2.50 bits per heavy atom. The molecule has 0 atom stereocenters. The summed E-state index contributed by atoms with van der Waals surface area (Å²) in [5.41, 5.74) is 1.64. The molecule has 0 amide bonds. The standard InChI is InChI=1S/C8H15N7O4S/c1-14(2)20(18,19)4-3-10-7-6(15(16)17)8(13-9)12-5-11-7/h5H,3-4,9H2,1-2H3,(H2,10,11,12,13). The van der Waals surface area contributed by atoms with Gasteiger partial charge in [0.2, 0.25) is 21.7 Å². The molecule has 0 saturated carbocycles. The van der Waals surface area contributed by atoms with Gasteiger partial charge in [-0.1, -0.05) is 0 Å². The van der Waals surface area contributed by atoms with E-state index in [0.29, 0.717) is 0 Å². The summed E-state index contributed by atoms with van der Waals surface area (Å²) >= 11 is 0. The van der Waals surface area contributed by atoms with Crippen molar-refractivity contribution < 1.29 is 13.3 Å². The molecule has 1 aromatic rings. The molecule has 0 aromatic carbocycles. The van der Waals surface area contributed by atoms with Gasteiger partial charge in [-0.3, -0.25) is 10.1 Å². The molecule has 1 heterocycles. The number of nitro groups is 1. The minimum atomic E-state index is -3.40. The van der Waals surface area contributed by atoms with Gasteiger partial charge >= 0.3 is 5.69 Å². The first-order valence-electron chi connectivity index (χ1n) is 5.39. The van der Waals surface area contributed by atoms with Gasteiger partial charge in [0.25, 0.3) is 0 Å². The topological polar surface area (TPSA) is 156 Å². The Hall–Kier alpha value is -2.05. The van der Waals surface area contributed by atoms with Crippen molar-refractivity contribution in [1.82, 2.24) is 14.3 Å². The van der Waals surface area contributed by atoms with Crippen molar-refractivity contribution in [3.05, 3.63) is 16.4 Å². The zero-order chi connectivity index (χ0) is 15.3. The van der Waals surface area contributed by atoms with Crippen LogP contribution < -0.4 is 16.6 Å². The molecule has 1 rings (SSSR count). The summed E-state index contributed by atoms with van der Waals surface area (Å²) in [4.78, 5) is 17.5. The van der Waals surface area contributed by atoms with E-state index >= 15 is 0 Å². The number of hydrogen-bond donors (Lipinski definition) is 3. The van der Waals surface area contributed by atoms with Crippen LogP contribution in [0.2, 0.25) is 0 Å². The third kappa shape index (κ3) is 3.72. The van der Waals surface area contributed by atoms with E-state index in [4.69, 9.17) is 5.84 Å². The Morgan fingerprint density at radius 2 is 2.00 bits per heavy atom. The van der Waals surface area contributed by atoms with E-state index in [1.807, 2.05) is 0 Å². The molecule has 0 radical (unpaired) electrons. The Bertz CT molecular complexity index is 588. The normalized spacial score (nSPS) is 11.4. The van der Waals surface area contributed by atoms with E-state index in [0.717, 1.165) is 10.6 Å². The number of anilines is 2. The van der Waals surface area contributed by atoms with Crippen LogP contribution in [0, 0.1) is 10.1 Å². The van der Waals surface area contributed by atoms with Crippen molar-refractivity contribution in [2.75, 3.05) is 37.1 Å². The van der Waals surface area contributed by atoms with E-state index in [1.54, 1.807) is 0 Å². The smallest absolute Gasteiger partial charge is 0.354 e. The summed E-state index contributed by atoms with van der Waals surface area (Å²) in [6, 6.07) is 0. The van der Waals surface area contributed by atoms with Crippen LogP contribution in [0.15, 0.2) is 6.33 Å². The molecule has 20 heavy (non-hydrogen) atoms. The molecule has 0 aliphatic heterocycles. The van der Waals surface area contributed by atoms with Crippen LogP contribution in [0.3, 0.4) is 0 Å².